The summed E-state index contributed by atoms with van der Waals surface area (Å²) in [6, 6.07) is 25.0. The van der Waals surface area contributed by atoms with Crippen molar-refractivity contribution in [3.8, 4) is 0 Å². The highest BCUT2D eigenvalue weighted by molar-refractivity contribution is 6.33. The third-order valence-electron chi connectivity index (χ3n) is 7.79. The molecule has 1 fully saturated rings. The van der Waals surface area contributed by atoms with Gasteiger partial charge in [-0.2, -0.15) is 0 Å². The number of hydrogen-bond acceptors (Lipinski definition) is 4. The highest BCUT2D eigenvalue weighted by Gasteiger charge is 2.28. The summed E-state index contributed by atoms with van der Waals surface area (Å²) in [7, 11) is 2.13. The minimum absolute atomic E-state index is 0.0554. The van der Waals surface area contributed by atoms with Crippen LogP contribution in [-0.4, -0.2) is 56.6 Å². The van der Waals surface area contributed by atoms with Crippen molar-refractivity contribution < 1.29 is 9.59 Å². The minimum Gasteiger partial charge on any atom is -0.368 e. The Morgan fingerprint density at radius 1 is 0.825 bits per heavy atom. The molecule has 2 aliphatic heterocycles. The molecule has 2 N–H and O–H groups in total. The molecule has 0 unspecified atom stereocenters. The summed E-state index contributed by atoms with van der Waals surface area (Å²) in [6.45, 7) is 4.48. The Kier molecular flexibility index (Phi) is 7.32. The number of nitrogens with one attached hydrogen (secondary N) is 2. The van der Waals surface area contributed by atoms with Crippen LogP contribution in [-0.2, 0) is 17.6 Å². The summed E-state index contributed by atoms with van der Waals surface area (Å²) < 4.78 is 0. The van der Waals surface area contributed by atoms with Gasteiger partial charge in [-0.05, 0) is 60.3 Å². The normalized spacial score (nSPS) is 15.2. The average Bonchev–Trinajstić information content (AvgIpc) is 3.37. The maximum atomic E-state index is 13.4. The minimum atomic E-state index is -0.316. The van der Waals surface area contributed by atoms with E-state index in [4.69, 9.17) is 11.6 Å². The molecule has 4 aromatic carbocycles. The molecule has 0 radical (unpaired) electrons. The van der Waals surface area contributed by atoms with E-state index in [0.717, 1.165) is 76.6 Å². The van der Waals surface area contributed by atoms with E-state index in [1.54, 1.807) is 0 Å². The number of halogens is 1. The number of carbonyl (C=O) groups is 2. The lowest BCUT2D eigenvalue weighted by Gasteiger charge is -2.35. The highest BCUT2D eigenvalue weighted by Crippen LogP contribution is 2.38. The fraction of sp³-hybridized carbons (Fsp3) is 0.250. The number of urea groups is 1. The standard InChI is InChI=1S/C32H32ClN5O2/c1-36-15-17-37(18-16-36)30-21-29-24(20-27(30)33)13-14-38(29)31(39)19-22-9-11-25(12-10-22)34-32(40)35-28-8-4-6-23-5-2-3-7-26(23)28/h2-12,20-21H,13-19H2,1H3,(H2,34,35,40). The lowest BCUT2D eigenvalue weighted by atomic mass is 10.1. The Balaban J connectivity index is 1.09. The molecular formula is C32H32ClN5O2. The predicted octanol–water partition coefficient (Wildman–Crippen LogP) is 6.02. The molecule has 1 saturated heterocycles. The van der Waals surface area contributed by atoms with Crippen molar-refractivity contribution in [2.75, 3.05) is 60.2 Å². The van der Waals surface area contributed by atoms with Gasteiger partial charge >= 0.3 is 6.03 Å². The molecule has 4 aromatic rings. The highest BCUT2D eigenvalue weighted by atomic mass is 35.5. The summed E-state index contributed by atoms with van der Waals surface area (Å²) in [5.74, 6) is 0.0554. The van der Waals surface area contributed by atoms with Crippen molar-refractivity contribution in [2.24, 2.45) is 0 Å². The Bertz CT molecular complexity index is 1560. The van der Waals surface area contributed by atoms with Gasteiger partial charge in [0.05, 0.1) is 22.8 Å². The summed E-state index contributed by atoms with van der Waals surface area (Å²) in [4.78, 5) is 32.5. The maximum Gasteiger partial charge on any atom is 0.323 e. The van der Waals surface area contributed by atoms with Gasteiger partial charge in [0.1, 0.15) is 0 Å². The molecule has 2 heterocycles. The predicted molar refractivity (Wildman–Crippen MR) is 164 cm³/mol. The summed E-state index contributed by atoms with van der Waals surface area (Å²) in [5, 5.41) is 8.62. The number of anilines is 4. The van der Waals surface area contributed by atoms with E-state index in [-0.39, 0.29) is 18.4 Å². The second kappa shape index (κ2) is 11.2. The van der Waals surface area contributed by atoms with Crippen LogP contribution in [0.2, 0.25) is 5.02 Å². The second-order valence-electron chi connectivity index (χ2n) is 10.5. The smallest absolute Gasteiger partial charge is 0.323 e. The number of amides is 3. The molecular weight excluding hydrogens is 522 g/mol. The molecule has 0 saturated carbocycles. The van der Waals surface area contributed by atoms with E-state index < -0.39 is 0 Å². The first-order valence-corrected chi connectivity index (χ1v) is 14.0. The van der Waals surface area contributed by atoms with Crippen molar-refractivity contribution in [3.63, 3.8) is 0 Å². The number of rotatable bonds is 5. The number of carbonyl (C=O) groups excluding carboxylic acids is 2. The Labute approximate surface area is 239 Å². The topological polar surface area (TPSA) is 67.9 Å². The lowest BCUT2D eigenvalue weighted by molar-refractivity contribution is -0.117. The first-order chi connectivity index (χ1) is 19.4. The molecule has 3 amide bonds. The van der Waals surface area contributed by atoms with Crippen LogP contribution in [0, 0.1) is 0 Å². The van der Waals surface area contributed by atoms with E-state index in [0.29, 0.717) is 12.2 Å². The van der Waals surface area contributed by atoms with Gasteiger partial charge in [-0.3, -0.25) is 4.79 Å². The van der Waals surface area contributed by atoms with Crippen molar-refractivity contribution in [3.05, 3.63) is 95.0 Å². The van der Waals surface area contributed by atoms with Crippen LogP contribution in [0.4, 0.5) is 27.5 Å². The quantitative estimate of drug-likeness (QED) is 0.317. The maximum absolute atomic E-state index is 13.4. The van der Waals surface area contributed by atoms with Gasteiger partial charge in [-0.1, -0.05) is 60.1 Å². The first kappa shape index (κ1) is 26.2. The van der Waals surface area contributed by atoms with Gasteiger partial charge in [-0.15, -0.1) is 0 Å². The molecule has 204 valence electrons. The molecule has 0 spiro atoms. The molecule has 0 aromatic heterocycles. The molecule has 6 rings (SSSR count). The Morgan fingerprint density at radius 2 is 1.57 bits per heavy atom. The van der Waals surface area contributed by atoms with Crippen LogP contribution in [0.25, 0.3) is 10.8 Å². The van der Waals surface area contributed by atoms with Gasteiger partial charge in [0.2, 0.25) is 5.91 Å². The Morgan fingerprint density at radius 3 is 2.38 bits per heavy atom. The molecule has 40 heavy (non-hydrogen) atoms. The van der Waals surface area contributed by atoms with Gasteiger partial charge in [0.15, 0.2) is 0 Å². The fourth-order valence-electron chi connectivity index (χ4n) is 5.54. The van der Waals surface area contributed by atoms with Crippen molar-refractivity contribution in [1.82, 2.24) is 4.90 Å². The van der Waals surface area contributed by atoms with E-state index >= 15 is 0 Å². The van der Waals surface area contributed by atoms with Crippen LogP contribution in [0.5, 0.6) is 0 Å². The van der Waals surface area contributed by atoms with Gasteiger partial charge in [0.25, 0.3) is 0 Å². The molecule has 0 atom stereocenters. The van der Waals surface area contributed by atoms with Crippen LogP contribution >= 0.6 is 11.6 Å². The zero-order chi connectivity index (χ0) is 27.6. The molecule has 7 nitrogen and oxygen atoms in total. The third-order valence-corrected chi connectivity index (χ3v) is 8.10. The van der Waals surface area contributed by atoms with E-state index in [1.165, 1.54) is 0 Å². The molecule has 8 heteroatoms. The van der Waals surface area contributed by atoms with Crippen LogP contribution in [0.1, 0.15) is 11.1 Å². The van der Waals surface area contributed by atoms with Gasteiger partial charge in [-0.25, -0.2) is 4.79 Å². The molecule has 2 aliphatic rings. The second-order valence-corrected chi connectivity index (χ2v) is 10.9. The van der Waals surface area contributed by atoms with Crippen LogP contribution < -0.4 is 20.4 Å². The fourth-order valence-corrected chi connectivity index (χ4v) is 5.85. The van der Waals surface area contributed by atoms with E-state index in [1.807, 2.05) is 77.7 Å². The first-order valence-electron chi connectivity index (χ1n) is 13.7. The number of fused-ring (bicyclic) bond motifs is 2. The number of hydrogen-bond donors (Lipinski definition) is 2. The monoisotopic (exact) mass is 553 g/mol. The summed E-state index contributed by atoms with van der Waals surface area (Å²) in [5.41, 5.74) is 5.39. The zero-order valence-corrected chi connectivity index (χ0v) is 23.2. The van der Waals surface area contributed by atoms with Crippen LogP contribution in [0.3, 0.4) is 0 Å². The number of piperazine rings is 1. The van der Waals surface area contributed by atoms with E-state index in [2.05, 4.69) is 33.5 Å². The molecule has 0 aliphatic carbocycles. The van der Waals surface area contributed by atoms with Crippen LogP contribution in [0.15, 0.2) is 78.9 Å². The summed E-state index contributed by atoms with van der Waals surface area (Å²) >= 11 is 6.66. The lowest BCUT2D eigenvalue weighted by Crippen LogP contribution is -2.44. The number of benzene rings is 4. The zero-order valence-electron chi connectivity index (χ0n) is 22.5. The largest absolute Gasteiger partial charge is 0.368 e. The number of nitrogens with zero attached hydrogens (tertiary/aromatic N) is 3. The van der Waals surface area contributed by atoms with Crippen molar-refractivity contribution in [1.29, 1.82) is 0 Å². The SMILES string of the molecule is CN1CCN(c2cc3c(cc2Cl)CCN3C(=O)Cc2ccc(NC(=O)Nc3cccc4ccccc34)cc2)CC1. The Hall–Kier alpha value is -4.07. The van der Waals surface area contributed by atoms with E-state index in [9.17, 15) is 9.59 Å². The number of likely N-dealkylation sites (N-methyl/N-ethyl adjacent to an activating group) is 1. The van der Waals surface area contributed by atoms with Crippen molar-refractivity contribution >= 4 is 57.1 Å². The van der Waals surface area contributed by atoms with Gasteiger partial charge in [0, 0.05) is 49.5 Å². The third kappa shape index (κ3) is 5.48. The summed E-state index contributed by atoms with van der Waals surface area (Å²) in [6.07, 6.45) is 1.09. The average molecular weight is 554 g/mol. The van der Waals surface area contributed by atoms with Crippen molar-refractivity contribution in [2.45, 2.75) is 12.8 Å². The molecule has 0 bridgehead atoms. The van der Waals surface area contributed by atoms with Gasteiger partial charge < -0.3 is 25.3 Å².